The first-order chi connectivity index (χ1) is 8.93. The first-order valence-corrected chi connectivity index (χ1v) is 5.80. The van der Waals surface area contributed by atoms with Crippen molar-refractivity contribution in [1.82, 2.24) is 5.32 Å². The van der Waals surface area contributed by atoms with E-state index < -0.39 is 25.0 Å². The highest BCUT2D eigenvalue weighted by Crippen LogP contribution is 2.20. The summed E-state index contributed by atoms with van der Waals surface area (Å²) in [6, 6.07) is 5.38. The van der Waals surface area contributed by atoms with Crippen LogP contribution in [0.1, 0.15) is 11.1 Å². The Labute approximate surface area is 110 Å². The molecular weight excluding hydrogens is 256 g/mol. The van der Waals surface area contributed by atoms with Gasteiger partial charge in [0.15, 0.2) is 0 Å². The van der Waals surface area contributed by atoms with Crippen molar-refractivity contribution in [3.8, 4) is 5.75 Å². The average Bonchev–Trinajstić information content (AvgIpc) is 2.36. The Morgan fingerprint density at radius 1 is 1.47 bits per heavy atom. The van der Waals surface area contributed by atoms with Gasteiger partial charge in [0.25, 0.3) is 6.43 Å². The third-order valence-electron chi connectivity index (χ3n) is 2.59. The fourth-order valence-electron chi connectivity index (χ4n) is 1.59. The first-order valence-electron chi connectivity index (χ1n) is 5.80. The van der Waals surface area contributed by atoms with Gasteiger partial charge in [-0.15, -0.1) is 0 Å². The number of methoxy groups -OCH3 is 1. The molecule has 0 heterocycles. The number of halogens is 2. The molecule has 0 spiro atoms. The van der Waals surface area contributed by atoms with E-state index in [1.54, 1.807) is 12.1 Å². The maximum absolute atomic E-state index is 12.1. The van der Waals surface area contributed by atoms with Crippen LogP contribution < -0.4 is 10.1 Å². The normalized spacial score (nSPS) is 12.3. The molecule has 1 amide bonds. The van der Waals surface area contributed by atoms with Gasteiger partial charge in [-0.1, -0.05) is 17.7 Å². The van der Waals surface area contributed by atoms with Crippen molar-refractivity contribution in [2.45, 2.75) is 25.9 Å². The van der Waals surface area contributed by atoms with E-state index >= 15 is 0 Å². The molecular formula is C13H17F2NO3. The lowest BCUT2D eigenvalue weighted by Gasteiger charge is -2.12. The van der Waals surface area contributed by atoms with E-state index in [1.807, 2.05) is 13.0 Å². The number of nitrogens with one attached hydrogen (secondary N) is 1. The predicted molar refractivity (Wildman–Crippen MR) is 66.5 cm³/mol. The largest absolute Gasteiger partial charge is 0.496 e. The van der Waals surface area contributed by atoms with E-state index in [0.717, 1.165) is 5.56 Å². The molecule has 0 bridgehead atoms. The number of aryl methyl sites for hydroxylation is 1. The van der Waals surface area contributed by atoms with Crippen LogP contribution in [0.15, 0.2) is 18.2 Å². The minimum absolute atomic E-state index is 0.0147. The molecule has 1 atom stereocenters. The molecule has 0 aliphatic carbocycles. The summed E-state index contributed by atoms with van der Waals surface area (Å²) in [7, 11) is 1.49. The molecule has 106 valence electrons. The van der Waals surface area contributed by atoms with Crippen molar-refractivity contribution in [2.24, 2.45) is 0 Å². The summed E-state index contributed by atoms with van der Waals surface area (Å²) in [4.78, 5) is 11.6. The molecule has 1 aromatic carbocycles. The lowest BCUT2D eigenvalue weighted by Crippen LogP contribution is -2.36. The number of aliphatic hydroxyl groups is 1. The second kappa shape index (κ2) is 7.04. The highest BCUT2D eigenvalue weighted by atomic mass is 19.3. The molecule has 0 saturated heterocycles. The molecule has 1 unspecified atom stereocenters. The molecule has 2 N–H and O–H groups in total. The van der Waals surface area contributed by atoms with Gasteiger partial charge in [-0.05, 0) is 13.0 Å². The number of hydrogen-bond donors (Lipinski definition) is 2. The molecule has 4 nitrogen and oxygen atoms in total. The number of carbonyl (C=O) groups is 1. The Hall–Kier alpha value is -1.69. The lowest BCUT2D eigenvalue weighted by molar-refractivity contribution is -0.121. The number of ether oxygens (including phenoxy) is 1. The molecule has 19 heavy (non-hydrogen) atoms. The molecule has 0 fully saturated rings. The van der Waals surface area contributed by atoms with Crippen LogP contribution in [-0.2, 0) is 11.2 Å². The molecule has 0 radical (unpaired) electrons. The zero-order chi connectivity index (χ0) is 14.4. The number of amides is 1. The van der Waals surface area contributed by atoms with Gasteiger partial charge < -0.3 is 15.2 Å². The van der Waals surface area contributed by atoms with E-state index in [4.69, 9.17) is 9.84 Å². The van der Waals surface area contributed by atoms with Gasteiger partial charge in [0.1, 0.15) is 11.9 Å². The molecule has 6 heteroatoms. The van der Waals surface area contributed by atoms with Gasteiger partial charge in [-0.2, -0.15) is 0 Å². The summed E-state index contributed by atoms with van der Waals surface area (Å²) < 4.78 is 29.2. The minimum atomic E-state index is -2.87. The molecule has 0 aliphatic heterocycles. The number of carbonyl (C=O) groups excluding carboxylic acids is 1. The van der Waals surface area contributed by atoms with Crippen LogP contribution in [0, 0.1) is 6.92 Å². The van der Waals surface area contributed by atoms with Crippen LogP contribution in [0.4, 0.5) is 8.78 Å². The molecule has 0 saturated carbocycles. The van der Waals surface area contributed by atoms with Crippen LogP contribution >= 0.6 is 0 Å². The van der Waals surface area contributed by atoms with E-state index in [1.165, 1.54) is 7.11 Å². The molecule has 1 aromatic rings. The smallest absolute Gasteiger partial charge is 0.265 e. The number of benzene rings is 1. The maximum atomic E-state index is 12.1. The molecule has 0 aliphatic rings. The zero-order valence-electron chi connectivity index (χ0n) is 10.8. The Kier molecular flexibility index (Phi) is 5.69. The van der Waals surface area contributed by atoms with E-state index in [-0.39, 0.29) is 6.42 Å². The van der Waals surface area contributed by atoms with Gasteiger partial charge >= 0.3 is 0 Å². The van der Waals surface area contributed by atoms with Crippen molar-refractivity contribution in [3.63, 3.8) is 0 Å². The van der Waals surface area contributed by atoms with Crippen molar-refractivity contribution in [2.75, 3.05) is 13.7 Å². The second-order valence-electron chi connectivity index (χ2n) is 4.20. The topological polar surface area (TPSA) is 58.6 Å². The third-order valence-corrected chi connectivity index (χ3v) is 2.59. The van der Waals surface area contributed by atoms with Gasteiger partial charge in [-0.3, -0.25) is 4.79 Å². The lowest BCUT2D eigenvalue weighted by atomic mass is 10.1. The summed E-state index contributed by atoms with van der Waals surface area (Å²) in [5, 5.41) is 11.2. The fourth-order valence-corrected chi connectivity index (χ4v) is 1.59. The van der Waals surface area contributed by atoms with Crippen LogP contribution in [0.2, 0.25) is 0 Å². The van der Waals surface area contributed by atoms with Crippen molar-refractivity contribution in [3.05, 3.63) is 29.3 Å². The number of rotatable bonds is 6. The van der Waals surface area contributed by atoms with E-state index in [2.05, 4.69) is 5.32 Å². The van der Waals surface area contributed by atoms with E-state index in [0.29, 0.717) is 11.3 Å². The second-order valence-corrected chi connectivity index (χ2v) is 4.20. The van der Waals surface area contributed by atoms with E-state index in [9.17, 15) is 13.6 Å². The van der Waals surface area contributed by atoms with Gasteiger partial charge in [0.05, 0.1) is 13.5 Å². The third kappa shape index (κ3) is 4.82. The summed E-state index contributed by atoms with van der Waals surface area (Å²) >= 11 is 0. The highest BCUT2D eigenvalue weighted by Gasteiger charge is 2.17. The number of hydrogen-bond acceptors (Lipinski definition) is 3. The van der Waals surface area contributed by atoms with Gasteiger partial charge in [0.2, 0.25) is 5.91 Å². The van der Waals surface area contributed by atoms with Gasteiger partial charge in [-0.25, -0.2) is 8.78 Å². The SMILES string of the molecule is COc1ccc(C)cc1CC(=O)NCC(O)C(F)F. The van der Waals surface area contributed by atoms with Crippen LogP contribution in [0.25, 0.3) is 0 Å². The average molecular weight is 273 g/mol. The van der Waals surface area contributed by atoms with Crippen LogP contribution in [0.5, 0.6) is 5.75 Å². The Bertz CT molecular complexity index is 438. The van der Waals surface area contributed by atoms with Crippen molar-refractivity contribution >= 4 is 5.91 Å². The van der Waals surface area contributed by atoms with Gasteiger partial charge in [0, 0.05) is 12.1 Å². The summed E-state index contributed by atoms with van der Waals surface area (Å²) in [5.74, 6) is 0.124. The van der Waals surface area contributed by atoms with Crippen LogP contribution in [0.3, 0.4) is 0 Å². The standard InChI is InChI=1S/C13H17F2NO3/c1-8-3-4-11(19-2)9(5-8)6-12(18)16-7-10(17)13(14)15/h3-5,10,13,17H,6-7H2,1-2H3,(H,16,18). The Morgan fingerprint density at radius 2 is 2.16 bits per heavy atom. The van der Waals surface area contributed by atoms with Crippen molar-refractivity contribution in [1.29, 1.82) is 0 Å². The molecule has 1 rings (SSSR count). The maximum Gasteiger partial charge on any atom is 0.265 e. The summed E-state index contributed by atoms with van der Waals surface area (Å²) in [5.41, 5.74) is 1.64. The van der Waals surface area contributed by atoms with Crippen LogP contribution in [-0.4, -0.2) is 37.2 Å². The zero-order valence-corrected chi connectivity index (χ0v) is 10.8. The monoisotopic (exact) mass is 273 g/mol. The Morgan fingerprint density at radius 3 is 2.74 bits per heavy atom. The number of aliphatic hydroxyl groups excluding tert-OH is 1. The summed E-state index contributed by atoms with van der Waals surface area (Å²) in [6.07, 6.45) is -4.70. The Balaban J connectivity index is 2.59. The fraction of sp³-hybridized carbons (Fsp3) is 0.462. The minimum Gasteiger partial charge on any atom is -0.496 e. The highest BCUT2D eigenvalue weighted by molar-refractivity contribution is 5.79. The first kappa shape index (κ1) is 15.4. The quantitative estimate of drug-likeness (QED) is 0.821. The van der Waals surface area contributed by atoms with Crippen molar-refractivity contribution < 1.29 is 23.4 Å². The summed E-state index contributed by atoms with van der Waals surface area (Å²) in [6.45, 7) is 1.41. The predicted octanol–water partition coefficient (Wildman–Crippen LogP) is 1.29. The molecule has 0 aromatic heterocycles. The number of alkyl halides is 2.